The van der Waals surface area contributed by atoms with Gasteiger partial charge in [-0.15, -0.1) is 0 Å². The van der Waals surface area contributed by atoms with E-state index in [9.17, 15) is 14.7 Å². The smallest absolute Gasteiger partial charge is 0.253 e. The molecule has 0 bridgehead atoms. The maximum absolute atomic E-state index is 13.3. The first-order chi connectivity index (χ1) is 18.3. The Morgan fingerprint density at radius 3 is 2.63 bits per heavy atom. The molecule has 8 heteroatoms. The lowest BCUT2D eigenvalue weighted by molar-refractivity contribution is -0.131. The minimum Gasteiger partial charge on any atom is -0.489 e. The normalized spacial score (nSPS) is 15.1. The van der Waals surface area contributed by atoms with Gasteiger partial charge < -0.3 is 29.5 Å². The Bertz CT molecular complexity index is 1480. The number of aromatic nitrogens is 1. The number of amides is 2. The lowest BCUT2D eigenvalue weighted by atomic mass is 10.1. The van der Waals surface area contributed by atoms with Gasteiger partial charge in [0.1, 0.15) is 18.4 Å². The number of benzene rings is 3. The topological polar surface area (TPSA) is 87.0 Å². The summed E-state index contributed by atoms with van der Waals surface area (Å²) in [5, 5.41) is 13.7. The molecule has 0 saturated carbocycles. The third kappa shape index (κ3) is 5.08. The van der Waals surface area contributed by atoms with E-state index in [-0.39, 0.29) is 18.4 Å². The first-order valence-electron chi connectivity index (χ1n) is 12.6. The number of ether oxygens (including phenoxy) is 1. The minimum absolute atomic E-state index is 0.109. The molecular formula is C30H32N4O4. The predicted octanol–water partition coefficient (Wildman–Crippen LogP) is 3.77. The van der Waals surface area contributed by atoms with Gasteiger partial charge in [-0.1, -0.05) is 30.3 Å². The average Bonchev–Trinajstić information content (AvgIpc) is 3.17. The number of carbonyl (C=O) groups is 2. The fourth-order valence-electron chi connectivity index (χ4n) is 4.87. The summed E-state index contributed by atoms with van der Waals surface area (Å²) >= 11 is 0. The highest BCUT2D eigenvalue weighted by Gasteiger charge is 2.27. The molecule has 0 aliphatic carbocycles. The predicted molar refractivity (Wildman–Crippen MR) is 147 cm³/mol. The summed E-state index contributed by atoms with van der Waals surface area (Å²) in [6, 6.07) is 22.9. The zero-order valence-corrected chi connectivity index (χ0v) is 21.8. The number of hydrogen-bond acceptors (Lipinski definition) is 5. The number of anilines is 1. The Hall–Kier alpha value is -4.30. The van der Waals surface area contributed by atoms with E-state index in [1.165, 1.54) is 0 Å². The fourth-order valence-corrected chi connectivity index (χ4v) is 4.87. The van der Waals surface area contributed by atoms with E-state index in [0.29, 0.717) is 25.3 Å². The molecule has 1 atom stereocenters. The summed E-state index contributed by atoms with van der Waals surface area (Å²) in [7, 11) is 5.48. The molecule has 196 valence electrons. The number of nitrogens with zero attached hydrogens (tertiary/aromatic N) is 3. The van der Waals surface area contributed by atoms with Gasteiger partial charge in [-0.2, -0.15) is 0 Å². The maximum Gasteiger partial charge on any atom is 0.253 e. The number of aryl methyl sites for hydroxylation is 1. The molecule has 1 aromatic heterocycles. The number of aliphatic hydroxyl groups is 1. The van der Waals surface area contributed by atoms with Crippen LogP contribution in [0.4, 0.5) is 5.69 Å². The van der Waals surface area contributed by atoms with Gasteiger partial charge in [0.2, 0.25) is 5.91 Å². The highest BCUT2D eigenvalue weighted by molar-refractivity contribution is 5.95. The summed E-state index contributed by atoms with van der Waals surface area (Å²) in [5.41, 5.74) is 5.32. The third-order valence-corrected chi connectivity index (χ3v) is 7.05. The molecule has 8 nitrogen and oxygen atoms in total. The summed E-state index contributed by atoms with van der Waals surface area (Å²) < 4.78 is 8.09. The van der Waals surface area contributed by atoms with E-state index >= 15 is 0 Å². The van der Waals surface area contributed by atoms with Gasteiger partial charge in [0, 0.05) is 55.5 Å². The summed E-state index contributed by atoms with van der Waals surface area (Å²) in [6.45, 7) is 1.01. The van der Waals surface area contributed by atoms with E-state index in [0.717, 1.165) is 39.2 Å². The van der Waals surface area contributed by atoms with Gasteiger partial charge in [-0.3, -0.25) is 9.59 Å². The molecule has 0 fully saturated rings. The molecule has 3 aromatic carbocycles. The van der Waals surface area contributed by atoms with E-state index in [1.807, 2.05) is 61.6 Å². The zero-order valence-electron chi connectivity index (χ0n) is 21.8. The van der Waals surface area contributed by atoms with Gasteiger partial charge in [-0.25, -0.2) is 0 Å². The molecule has 0 radical (unpaired) electrons. The van der Waals surface area contributed by atoms with Crippen LogP contribution in [-0.4, -0.2) is 58.0 Å². The number of hydrogen-bond donors (Lipinski definition) is 2. The van der Waals surface area contributed by atoms with Gasteiger partial charge >= 0.3 is 0 Å². The molecular weight excluding hydrogens is 480 g/mol. The van der Waals surface area contributed by atoms with Crippen molar-refractivity contribution >= 4 is 28.4 Å². The summed E-state index contributed by atoms with van der Waals surface area (Å²) in [6.07, 6.45) is 0. The Balaban J connectivity index is 1.31. The summed E-state index contributed by atoms with van der Waals surface area (Å²) in [4.78, 5) is 29.0. The molecule has 2 N–H and O–H groups in total. The molecule has 1 aliphatic rings. The number of aliphatic hydroxyl groups excluding tert-OH is 1. The van der Waals surface area contributed by atoms with Crippen molar-refractivity contribution in [2.24, 2.45) is 7.05 Å². The largest absolute Gasteiger partial charge is 0.489 e. The van der Waals surface area contributed by atoms with Crippen molar-refractivity contribution in [3.63, 3.8) is 0 Å². The lowest BCUT2D eigenvalue weighted by Gasteiger charge is -2.19. The van der Waals surface area contributed by atoms with Gasteiger partial charge in [0.25, 0.3) is 5.91 Å². The van der Waals surface area contributed by atoms with Crippen molar-refractivity contribution in [3.05, 3.63) is 95.2 Å². The van der Waals surface area contributed by atoms with Crippen LogP contribution >= 0.6 is 0 Å². The fraction of sp³-hybridized carbons (Fsp3) is 0.267. The van der Waals surface area contributed by atoms with Crippen LogP contribution in [0.15, 0.2) is 72.8 Å². The molecule has 38 heavy (non-hydrogen) atoms. The first kappa shape index (κ1) is 25.4. The van der Waals surface area contributed by atoms with Crippen molar-refractivity contribution < 1.29 is 19.4 Å². The number of carbonyl (C=O) groups excluding carboxylic acids is 2. The number of nitrogens with one attached hydrogen (secondary N) is 1. The van der Waals surface area contributed by atoms with Crippen molar-refractivity contribution in [3.8, 4) is 5.75 Å². The van der Waals surface area contributed by atoms with Gasteiger partial charge in [0.15, 0.2) is 0 Å². The van der Waals surface area contributed by atoms with E-state index in [2.05, 4.69) is 16.0 Å². The van der Waals surface area contributed by atoms with Crippen LogP contribution in [-0.2, 0) is 31.5 Å². The Labute approximate surface area is 222 Å². The maximum atomic E-state index is 13.3. The summed E-state index contributed by atoms with van der Waals surface area (Å²) in [5.74, 6) is 0.508. The second-order valence-electron chi connectivity index (χ2n) is 9.80. The van der Waals surface area contributed by atoms with Crippen LogP contribution in [0, 0.1) is 0 Å². The highest BCUT2D eigenvalue weighted by Crippen LogP contribution is 2.27. The minimum atomic E-state index is -0.693. The molecule has 0 saturated heterocycles. The Morgan fingerprint density at radius 2 is 1.87 bits per heavy atom. The van der Waals surface area contributed by atoms with Crippen LogP contribution in [0.3, 0.4) is 0 Å². The molecule has 2 amide bonds. The van der Waals surface area contributed by atoms with E-state index in [1.54, 1.807) is 36.0 Å². The number of likely N-dealkylation sites (N-methyl/N-ethyl adjacent to an activating group) is 1. The van der Waals surface area contributed by atoms with Crippen LogP contribution < -0.4 is 10.1 Å². The van der Waals surface area contributed by atoms with Crippen molar-refractivity contribution in [2.75, 3.05) is 26.0 Å². The second-order valence-corrected chi connectivity index (χ2v) is 9.80. The molecule has 0 spiro atoms. The van der Waals surface area contributed by atoms with Gasteiger partial charge in [-0.05, 0) is 53.6 Å². The molecule has 5 rings (SSSR count). The van der Waals surface area contributed by atoms with Crippen molar-refractivity contribution in [1.29, 1.82) is 0 Å². The SMILES string of the molecule is CN(Cc1cc2cc(OCc3ccccc3)ccc2n1C)C(=O)c1ccc2c(c1)CN(C)C(=O)[C@@H](CO)N2. The van der Waals surface area contributed by atoms with Crippen LogP contribution in [0.2, 0.25) is 0 Å². The average molecular weight is 513 g/mol. The molecule has 1 aliphatic heterocycles. The highest BCUT2D eigenvalue weighted by atomic mass is 16.5. The van der Waals surface area contributed by atoms with Crippen LogP contribution in [0.1, 0.15) is 27.2 Å². The first-order valence-corrected chi connectivity index (χ1v) is 12.6. The van der Waals surface area contributed by atoms with E-state index in [4.69, 9.17) is 4.74 Å². The van der Waals surface area contributed by atoms with Crippen molar-refractivity contribution in [2.45, 2.75) is 25.7 Å². The molecule has 0 unspecified atom stereocenters. The lowest BCUT2D eigenvalue weighted by Crippen LogP contribution is -2.40. The molecule has 2 heterocycles. The second kappa shape index (κ2) is 10.6. The Morgan fingerprint density at radius 1 is 1.08 bits per heavy atom. The monoisotopic (exact) mass is 512 g/mol. The van der Waals surface area contributed by atoms with Crippen LogP contribution in [0.5, 0.6) is 5.75 Å². The van der Waals surface area contributed by atoms with Crippen molar-refractivity contribution in [1.82, 2.24) is 14.4 Å². The van der Waals surface area contributed by atoms with E-state index < -0.39 is 6.04 Å². The van der Waals surface area contributed by atoms with Crippen LogP contribution in [0.25, 0.3) is 10.9 Å². The zero-order chi connectivity index (χ0) is 26.8. The number of fused-ring (bicyclic) bond motifs is 2. The third-order valence-electron chi connectivity index (χ3n) is 7.05. The standard InChI is InChI=1S/C30H32N4O4/c1-32-16-23-13-21(9-11-26(23)31-27(18-35)30(32)37)29(36)33(2)17-24-14-22-15-25(10-12-28(22)34(24)3)38-19-20-7-5-4-6-8-20/h4-15,27,31,35H,16-19H2,1-3H3/t27-/m1/s1. The quantitative estimate of drug-likeness (QED) is 0.394. The molecule has 4 aromatic rings. The Kier molecular flexibility index (Phi) is 7.07. The van der Waals surface area contributed by atoms with Gasteiger partial charge in [0.05, 0.1) is 13.2 Å². The number of rotatable bonds is 7.